The van der Waals surface area contributed by atoms with Gasteiger partial charge in [-0.15, -0.1) is 0 Å². The van der Waals surface area contributed by atoms with E-state index < -0.39 is 10.0 Å². The van der Waals surface area contributed by atoms with Crippen molar-refractivity contribution < 1.29 is 22.7 Å². The van der Waals surface area contributed by atoms with Crippen LogP contribution in [0.2, 0.25) is 0 Å². The number of carbonyl (C=O) groups excluding carboxylic acids is 1. The van der Waals surface area contributed by atoms with E-state index in [1.54, 1.807) is 38.1 Å². The van der Waals surface area contributed by atoms with Crippen LogP contribution in [0.15, 0.2) is 18.2 Å². The number of methoxy groups -OCH3 is 1. The lowest BCUT2D eigenvalue weighted by Crippen LogP contribution is -2.44. The highest BCUT2D eigenvalue weighted by Gasteiger charge is 2.25. The summed E-state index contributed by atoms with van der Waals surface area (Å²) in [6, 6.07) is 4.84. The molecular formula is C19H31N3O5S. The van der Waals surface area contributed by atoms with Crippen molar-refractivity contribution in [1.82, 2.24) is 10.2 Å². The second kappa shape index (κ2) is 9.58. The molecule has 158 valence electrons. The number of nitrogens with one attached hydrogen (secondary N) is 2. The van der Waals surface area contributed by atoms with E-state index in [9.17, 15) is 13.2 Å². The summed E-state index contributed by atoms with van der Waals surface area (Å²) in [5, 5.41) is 3.42. The molecule has 1 aromatic rings. The number of likely N-dealkylation sites (N-methyl/N-ethyl adjacent to an activating group) is 1. The zero-order chi connectivity index (χ0) is 20.9. The number of nitrogens with zero attached hydrogens (tertiary/aromatic N) is 1. The molecule has 1 amide bonds. The van der Waals surface area contributed by atoms with Gasteiger partial charge in [0.1, 0.15) is 12.4 Å². The Morgan fingerprint density at radius 3 is 2.71 bits per heavy atom. The molecule has 9 heteroatoms. The van der Waals surface area contributed by atoms with Crippen LogP contribution in [0.4, 0.5) is 5.69 Å². The van der Waals surface area contributed by atoms with Crippen LogP contribution >= 0.6 is 0 Å². The van der Waals surface area contributed by atoms with Gasteiger partial charge >= 0.3 is 0 Å². The minimum Gasteiger partial charge on any atom is -0.491 e. The third kappa shape index (κ3) is 5.83. The molecule has 0 radical (unpaired) electrons. The number of fused-ring (bicyclic) bond motifs is 1. The zero-order valence-corrected chi connectivity index (χ0v) is 18.0. The number of rotatable bonds is 4. The van der Waals surface area contributed by atoms with E-state index in [0.717, 1.165) is 6.54 Å². The highest BCUT2D eigenvalue weighted by atomic mass is 32.2. The van der Waals surface area contributed by atoms with Gasteiger partial charge in [-0.3, -0.25) is 9.52 Å². The van der Waals surface area contributed by atoms with Crippen LogP contribution in [0.1, 0.15) is 31.1 Å². The molecule has 0 aliphatic carbocycles. The lowest BCUT2D eigenvalue weighted by Gasteiger charge is -2.30. The molecule has 2 rings (SSSR count). The van der Waals surface area contributed by atoms with Gasteiger partial charge in [-0.25, -0.2) is 8.42 Å². The van der Waals surface area contributed by atoms with E-state index in [1.807, 2.05) is 6.92 Å². The number of amides is 1. The monoisotopic (exact) mass is 413 g/mol. The molecule has 0 aromatic heterocycles. The molecule has 1 aromatic carbocycles. The predicted molar refractivity (Wildman–Crippen MR) is 109 cm³/mol. The Hall–Kier alpha value is -1.84. The van der Waals surface area contributed by atoms with Crippen molar-refractivity contribution in [3.05, 3.63) is 23.8 Å². The Kier molecular flexibility index (Phi) is 7.68. The smallest absolute Gasteiger partial charge is 0.257 e. The van der Waals surface area contributed by atoms with Crippen LogP contribution in [0.3, 0.4) is 0 Å². The van der Waals surface area contributed by atoms with Gasteiger partial charge in [0.2, 0.25) is 10.0 Å². The number of ether oxygens (including phenoxy) is 2. The van der Waals surface area contributed by atoms with E-state index in [0.29, 0.717) is 30.2 Å². The molecule has 0 fully saturated rings. The Balaban J connectivity index is 2.40. The largest absolute Gasteiger partial charge is 0.491 e. The predicted octanol–water partition coefficient (Wildman–Crippen LogP) is 1.54. The highest BCUT2D eigenvalue weighted by molar-refractivity contribution is 7.92. The minimum atomic E-state index is -3.44. The molecule has 8 nitrogen and oxygen atoms in total. The summed E-state index contributed by atoms with van der Waals surface area (Å²) in [5.74, 6) is 0.324. The van der Waals surface area contributed by atoms with Crippen molar-refractivity contribution in [1.29, 1.82) is 0 Å². The molecule has 1 heterocycles. The normalized spacial score (nSPS) is 24.5. The fraction of sp³-hybridized carbons (Fsp3) is 0.632. The van der Waals surface area contributed by atoms with Crippen molar-refractivity contribution in [3.8, 4) is 5.75 Å². The third-order valence-corrected chi connectivity index (χ3v) is 6.19. The summed E-state index contributed by atoms with van der Waals surface area (Å²) in [6.07, 6.45) is -0.126. The quantitative estimate of drug-likeness (QED) is 0.777. The first kappa shape index (κ1) is 22.4. The van der Waals surface area contributed by atoms with Gasteiger partial charge in [-0.2, -0.15) is 0 Å². The maximum absolute atomic E-state index is 13.1. The van der Waals surface area contributed by atoms with Gasteiger partial charge in [0.15, 0.2) is 0 Å². The molecule has 0 bridgehead atoms. The first-order chi connectivity index (χ1) is 13.2. The van der Waals surface area contributed by atoms with Crippen LogP contribution in [-0.2, 0) is 14.8 Å². The first-order valence-electron chi connectivity index (χ1n) is 9.45. The minimum absolute atomic E-state index is 0.0506. The Morgan fingerprint density at radius 2 is 2.07 bits per heavy atom. The Morgan fingerprint density at radius 1 is 1.36 bits per heavy atom. The highest BCUT2D eigenvalue weighted by Crippen LogP contribution is 2.26. The molecule has 28 heavy (non-hydrogen) atoms. The summed E-state index contributed by atoms with van der Waals surface area (Å²) < 4.78 is 37.7. The maximum atomic E-state index is 13.1. The molecule has 2 N–H and O–H groups in total. The number of anilines is 1. The Labute approximate surface area is 167 Å². The van der Waals surface area contributed by atoms with Gasteiger partial charge in [0.25, 0.3) is 5.91 Å². The lowest BCUT2D eigenvalue weighted by molar-refractivity contribution is 0.0281. The lowest BCUT2D eigenvalue weighted by atomic mass is 10.0. The number of hydrogen-bond donors (Lipinski definition) is 2. The van der Waals surface area contributed by atoms with Crippen molar-refractivity contribution >= 4 is 21.6 Å². The van der Waals surface area contributed by atoms with Crippen molar-refractivity contribution in [2.24, 2.45) is 5.92 Å². The fourth-order valence-corrected chi connectivity index (χ4v) is 3.61. The van der Waals surface area contributed by atoms with Gasteiger partial charge < -0.3 is 19.7 Å². The second-order valence-electron chi connectivity index (χ2n) is 7.27. The number of carbonyl (C=O) groups is 1. The van der Waals surface area contributed by atoms with Crippen LogP contribution < -0.4 is 14.8 Å². The number of sulfonamides is 1. The third-order valence-electron chi connectivity index (χ3n) is 4.88. The maximum Gasteiger partial charge on any atom is 0.257 e. The van der Waals surface area contributed by atoms with Crippen LogP contribution in [0.5, 0.6) is 5.75 Å². The summed E-state index contributed by atoms with van der Waals surface area (Å²) in [6.45, 7) is 7.18. The molecule has 0 saturated heterocycles. The SMILES string of the molecule is CCS(=O)(=O)Nc1ccc2c(c1)C(=O)N(C)C[C@H](OC)[C@@H](C)CN[C@@H](C)CO2. The molecular weight excluding hydrogens is 382 g/mol. The zero-order valence-electron chi connectivity index (χ0n) is 17.2. The topological polar surface area (TPSA) is 97.0 Å². The average molecular weight is 414 g/mol. The van der Waals surface area contributed by atoms with Gasteiger partial charge in [-0.1, -0.05) is 6.92 Å². The van der Waals surface area contributed by atoms with Crippen LogP contribution in [-0.4, -0.2) is 71.0 Å². The number of benzene rings is 1. The fourth-order valence-electron chi connectivity index (χ4n) is 2.98. The van der Waals surface area contributed by atoms with Crippen molar-refractivity contribution in [2.75, 3.05) is 44.3 Å². The number of hydrogen-bond acceptors (Lipinski definition) is 6. The van der Waals surface area contributed by atoms with Crippen LogP contribution in [0, 0.1) is 5.92 Å². The van der Waals surface area contributed by atoms with Gasteiger partial charge in [-0.05, 0) is 38.0 Å². The Bertz CT molecular complexity index is 784. The molecule has 0 saturated carbocycles. The molecule has 0 spiro atoms. The van der Waals surface area contributed by atoms with Crippen LogP contribution in [0.25, 0.3) is 0 Å². The molecule has 1 aliphatic rings. The summed E-state index contributed by atoms with van der Waals surface area (Å²) in [4.78, 5) is 14.7. The average Bonchev–Trinajstić information content (AvgIpc) is 2.67. The van der Waals surface area contributed by atoms with E-state index in [2.05, 4.69) is 17.0 Å². The van der Waals surface area contributed by atoms with Gasteiger partial charge in [0, 0.05) is 39.0 Å². The summed E-state index contributed by atoms with van der Waals surface area (Å²) >= 11 is 0. The van der Waals surface area contributed by atoms with E-state index in [-0.39, 0.29) is 29.7 Å². The molecule has 1 aliphatic heterocycles. The van der Waals surface area contributed by atoms with E-state index in [4.69, 9.17) is 9.47 Å². The van der Waals surface area contributed by atoms with Gasteiger partial charge in [0.05, 0.1) is 17.4 Å². The summed E-state index contributed by atoms with van der Waals surface area (Å²) in [7, 11) is -0.0983. The van der Waals surface area contributed by atoms with Crippen molar-refractivity contribution in [2.45, 2.75) is 32.9 Å². The molecule has 0 unspecified atom stereocenters. The van der Waals surface area contributed by atoms with Crippen molar-refractivity contribution in [3.63, 3.8) is 0 Å². The standard InChI is InChI=1S/C19H31N3O5S/c1-6-28(24,25)21-15-7-8-17-16(9-15)19(23)22(4)11-18(26-5)13(2)10-20-14(3)12-27-17/h7-9,13-14,18,20-21H,6,10-12H2,1-5H3/t13-,14-,18-/m0/s1. The molecule has 3 atom stereocenters. The summed E-state index contributed by atoms with van der Waals surface area (Å²) in [5.41, 5.74) is 0.648. The second-order valence-corrected chi connectivity index (χ2v) is 9.28. The first-order valence-corrected chi connectivity index (χ1v) is 11.1. The van der Waals surface area contributed by atoms with E-state index >= 15 is 0 Å². The van der Waals surface area contributed by atoms with E-state index in [1.165, 1.54) is 6.07 Å².